The maximum Gasteiger partial charge on any atom is 0.416 e. The number of nitrogens with one attached hydrogen (secondary N) is 1. The van der Waals surface area contributed by atoms with Gasteiger partial charge in [0, 0.05) is 10.1 Å². The van der Waals surface area contributed by atoms with Crippen molar-refractivity contribution < 1.29 is 13.2 Å². The maximum atomic E-state index is 12.5. The number of hydrogen-bond donors (Lipinski definition) is 1. The summed E-state index contributed by atoms with van der Waals surface area (Å²) in [6.07, 6.45) is -2.22. The number of halogens is 3. The molecule has 0 bridgehead atoms. The summed E-state index contributed by atoms with van der Waals surface area (Å²) in [5.74, 6) is 0. The Kier molecular flexibility index (Phi) is 3.99. The molecule has 0 spiro atoms. The molecule has 0 amide bonds. The van der Waals surface area contributed by atoms with Crippen molar-refractivity contribution in [1.29, 1.82) is 0 Å². The van der Waals surface area contributed by atoms with Crippen LogP contribution in [0.5, 0.6) is 0 Å². The van der Waals surface area contributed by atoms with E-state index < -0.39 is 11.7 Å². The Hall–Kier alpha value is -0.680. The lowest BCUT2D eigenvalue weighted by atomic mass is 10.2. The second kappa shape index (κ2) is 5.31. The van der Waals surface area contributed by atoms with Gasteiger partial charge >= 0.3 is 6.18 Å². The van der Waals surface area contributed by atoms with Gasteiger partial charge in [-0.1, -0.05) is 6.07 Å². The van der Waals surface area contributed by atoms with E-state index in [-0.39, 0.29) is 0 Å². The van der Waals surface area contributed by atoms with Crippen molar-refractivity contribution in [3.05, 3.63) is 29.8 Å². The molecule has 0 atom stereocenters. The summed E-state index contributed by atoms with van der Waals surface area (Å²) in [6.45, 7) is 1.91. The summed E-state index contributed by atoms with van der Waals surface area (Å²) < 4.78 is 37.6. The molecular weight excluding hydrogens is 247 g/mol. The first-order chi connectivity index (χ1) is 8.05. The number of alkyl halides is 3. The van der Waals surface area contributed by atoms with Crippen molar-refractivity contribution >= 4 is 11.8 Å². The van der Waals surface area contributed by atoms with E-state index in [0.717, 1.165) is 32.0 Å². The van der Waals surface area contributed by atoms with Gasteiger partial charge in [-0.15, -0.1) is 11.8 Å². The molecule has 0 radical (unpaired) electrons. The Bertz CT molecular complexity index is 372. The highest BCUT2D eigenvalue weighted by Crippen LogP contribution is 2.34. The van der Waals surface area contributed by atoms with E-state index in [4.69, 9.17) is 0 Å². The molecule has 0 aliphatic carbocycles. The van der Waals surface area contributed by atoms with Gasteiger partial charge in [0.25, 0.3) is 0 Å². The van der Waals surface area contributed by atoms with Crippen molar-refractivity contribution in [2.75, 3.05) is 13.1 Å². The lowest BCUT2D eigenvalue weighted by molar-refractivity contribution is -0.137. The molecule has 94 valence electrons. The van der Waals surface area contributed by atoms with Crippen LogP contribution in [0.25, 0.3) is 0 Å². The fraction of sp³-hybridized carbons (Fsp3) is 0.500. The Morgan fingerprint density at radius 1 is 1.18 bits per heavy atom. The maximum absolute atomic E-state index is 12.5. The number of benzene rings is 1. The van der Waals surface area contributed by atoms with Crippen molar-refractivity contribution in [2.24, 2.45) is 0 Å². The van der Waals surface area contributed by atoms with E-state index in [0.29, 0.717) is 10.1 Å². The average Bonchev–Trinajstić information content (AvgIpc) is 2.29. The van der Waals surface area contributed by atoms with Gasteiger partial charge in [-0.3, -0.25) is 0 Å². The van der Waals surface area contributed by atoms with Crippen LogP contribution in [0, 0.1) is 0 Å². The third kappa shape index (κ3) is 3.64. The summed E-state index contributed by atoms with van der Waals surface area (Å²) in [4.78, 5) is 0.715. The van der Waals surface area contributed by atoms with Gasteiger partial charge in [0.15, 0.2) is 0 Å². The van der Waals surface area contributed by atoms with Crippen molar-refractivity contribution in [3.63, 3.8) is 0 Å². The third-order valence-electron chi connectivity index (χ3n) is 2.75. The van der Waals surface area contributed by atoms with Crippen molar-refractivity contribution in [3.8, 4) is 0 Å². The molecule has 1 N–H and O–H groups in total. The normalized spacial score (nSPS) is 18.3. The molecule has 5 heteroatoms. The average molecular weight is 261 g/mol. The van der Waals surface area contributed by atoms with Gasteiger partial charge in [-0.2, -0.15) is 13.2 Å². The van der Waals surface area contributed by atoms with Crippen LogP contribution < -0.4 is 5.32 Å². The van der Waals surface area contributed by atoms with Crippen LogP contribution in [-0.2, 0) is 6.18 Å². The van der Waals surface area contributed by atoms with Crippen LogP contribution in [0.4, 0.5) is 13.2 Å². The summed E-state index contributed by atoms with van der Waals surface area (Å²) >= 11 is 1.55. The monoisotopic (exact) mass is 261 g/mol. The minimum absolute atomic E-state index is 0.430. The fourth-order valence-electron chi connectivity index (χ4n) is 1.85. The molecule has 1 aliphatic rings. The van der Waals surface area contributed by atoms with Crippen molar-refractivity contribution in [2.45, 2.75) is 29.2 Å². The smallest absolute Gasteiger partial charge is 0.317 e. The molecule has 1 saturated heterocycles. The zero-order chi connectivity index (χ0) is 12.3. The fourth-order valence-corrected chi connectivity index (χ4v) is 3.06. The number of rotatable bonds is 2. The van der Waals surface area contributed by atoms with Crippen LogP contribution >= 0.6 is 11.8 Å². The molecule has 1 fully saturated rings. The number of thioether (sulfide) groups is 1. The standard InChI is InChI=1S/C12H14F3NS/c13-12(14,15)9-2-1-3-11(8-9)17-10-4-6-16-7-5-10/h1-3,8,10,16H,4-7H2. The molecule has 1 aromatic carbocycles. The lowest BCUT2D eigenvalue weighted by Crippen LogP contribution is -2.29. The van der Waals surface area contributed by atoms with Gasteiger partial charge in [0.05, 0.1) is 5.56 Å². The van der Waals surface area contributed by atoms with E-state index >= 15 is 0 Å². The highest BCUT2D eigenvalue weighted by atomic mass is 32.2. The largest absolute Gasteiger partial charge is 0.416 e. The Morgan fingerprint density at radius 2 is 1.88 bits per heavy atom. The van der Waals surface area contributed by atoms with E-state index in [1.54, 1.807) is 17.8 Å². The molecule has 0 aromatic heterocycles. The van der Waals surface area contributed by atoms with E-state index in [1.807, 2.05) is 0 Å². The molecule has 1 heterocycles. The first-order valence-corrected chi connectivity index (χ1v) is 6.48. The molecule has 1 nitrogen and oxygen atoms in total. The summed E-state index contributed by atoms with van der Waals surface area (Å²) in [5.41, 5.74) is -0.559. The van der Waals surface area contributed by atoms with Crippen LogP contribution in [0.3, 0.4) is 0 Å². The Morgan fingerprint density at radius 3 is 2.53 bits per heavy atom. The van der Waals surface area contributed by atoms with Crippen LogP contribution in [0.2, 0.25) is 0 Å². The third-order valence-corrected chi connectivity index (χ3v) is 4.08. The topological polar surface area (TPSA) is 12.0 Å². The van der Waals surface area contributed by atoms with Gasteiger partial charge < -0.3 is 5.32 Å². The van der Waals surface area contributed by atoms with E-state index in [1.165, 1.54) is 12.1 Å². The van der Waals surface area contributed by atoms with E-state index in [2.05, 4.69) is 5.32 Å². The second-order valence-electron chi connectivity index (χ2n) is 4.09. The van der Waals surface area contributed by atoms with Gasteiger partial charge in [0.2, 0.25) is 0 Å². The minimum Gasteiger partial charge on any atom is -0.317 e. The molecule has 1 aromatic rings. The SMILES string of the molecule is FC(F)(F)c1cccc(SC2CCNCC2)c1. The van der Waals surface area contributed by atoms with E-state index in [9.17, 15) is 13.2 Å². The summed E-state index contributed by atoms with van der Waals surface area (Å²) in [7, 11) is 0. The van der Waals surface area contributed by atoms with Gasteiger partial charge in [-0.05, 0) is 44.1 Å². The molecule has 0 unspecified atom stereocenters. The predicted octanol–water partition coefficient (Wildman–Crippen LogP) is 3.55. The zero-order valence-electron chi connectivity index (χ0n) is 9.26. The molecular formula is C12H14F3NS. The van der Waals surface area contributed by atoms with Crippen LogP contribution in [0.15, 0.2) is 29.2 Å². The molecule has 2 rings (SSSR count). The lowest BCUT2D eigenvalue weighted by Gasteiger charge is -2.22. The highest BCUT2D eigenvalue weighted by molar-refractivity contribution is 8.00. The van der Waals surface area contributed by atoms with Gasteiger partial charge in [-0.25, -0.2) is 0 Å². The second-order valence-corrected chi connectivity index (χ2v) is 5.47. The quantitative estimate of drug-likeness (QED) is 0.873. The first kappa shape index (κ1) is 12.8. The predicted molar refractivity (Wildman–Crippen MR) is 63.2 cm³/mol. The summed E-state index contributed by atoms with van der Waals surface area (Å²) in [5, 5.41) is 3.67. The number of piperidine rings is 1. The molecule has 0 saturated carbocycles. The highest BCUT2D eigenvalue weighted by Gasteiger charge is 2.30. The zero-order valence-corrected chi connectivity index (χ0v) is 10.1. The molecule has 1 aliphatic heterocycles. The summed E-state index contributed by atoms with van der Waals surface area (Å²) in [6, 6.07) is 5.59. The van der Waals surface area contributed by atoms with Crippen molar-refractivity contribution in [1.82, 2.24) is 5.32 Å². The Labute approximate surface area is 103 Å². The Balaban J connectivity index is 2.05. The number of hydrogen-bond acceptors (Lipinski definition) is 2. The van der Waals surface area contributed by atoms with Crippen LogP contribution in [-0.4, -0.2) is 18.3 Å². The molecule has 17 heavy (non-hydrogen) atoms. The van der Waals surface area contributed by atoms with Crippen LogP contribution in [0.1, 0.15) is 18.4 Å². The minimum atomic E-state index is -4.25. The first-order valence-electron chi connectivity index (χ1n) is 5.60. The van der Waals surface area contributed by atoms with Gasteiger partial charge in [0.1, 0.15) is 0 Å².